The third-order valence-electron chi connectivity index (χ3n) is 3.41. The summed E-state index contributed by atoms with van der Waals surface area (Å²) in [6.45, 7) is 5.49. The van der Waals surface area contributed by atoms with Crippen LogP contribution in [0.3, 0.4) is 0 Å². The van der Waals surface area contributed by atoms with Gasteiger partial charge in [0.15, 0.2) is 0 Å². The Hall–Kier alpha value is -1.26. The van der Waals surface area contributed by atoms with Gasteiger partial charge in [-0.25, -0.2) is 0 Å². The minimum absolute atomic E-state index is 0.142. The third-order valence-corrected chi connectivity index (χ3v) is 3.41. The molecular weight excluding hydrogens is 254 g/mol. The molecule has 0 heterocycles. The molecule has 1 unspecified atom stereocenters. The lowest BCUT2D eigenvalue weighted by Gasteiger charge is -2.17. The van der Waals surface area contributed by atoms with E-state index in [-0.39, 0.29) is 6.04 Å². The van der Waals surface area contributed by atoms with Gasteiger partial charge >= 0.3 is 0 Å². The van der Waals surface area contributed by atoms with Crippen LogP contribution in [0.5, 0.6) is 11.5 Å². The first-order valence-corrected chi connectivity index (χ1v) is 7.23. The van der Waals surface area contributed by atoms with E-state index in [2.05, 4.69) is 6.92 Å². The second-order valence-electron chi connectivity index (χ2n) is 4.80. The highest BCUT2D eigenvalue weighted by atomic mass is 16.5. The van der Waals surface area contributed by atoms with Crippen LogP contribution in [0, 0.1) is 0 Å². The smallest absolute Gasteiger partial charge is 0.122 e. The highest BCUT2D eigenvalue weighted by molar-refractivity contribution is 5.47. The maximum atomic E-state index is 6.04. The minimum atomic E-state index is 0.142. The molecule has 20 heavy (non-hydrogen) atoms. The van der Waals surface area contributed by atoms with Gasteiger partial charge in [-0.15, -0.1) is 0 Å². The molecule has 2 N–H and O–H groups in total. The molecule has 1 atom stereocenters. The summed E-state index contributed by atoms with van der Waals surface area (Å²) in [6.07, 6.45) is 2.55. The SMILES string of the molecule is CCOCCc1cc(OC)c(CC(N)CC)cc1OC. The monoisotopic (exact) mass is 281 g/mol. The quantitative estimate of drug-likeness (QED) is 0.707. The van der Waals surface area contributed by atoms with Crippen molar-refractivity contribution < 1.29 is 14.2 Å². The van der Waals surface area contributed by atoms with E-state index in [9.17, 15) is 0 Å². The molecule has 1 rings (SSSR count). The van der Waals surface area contributed by atoms with Crippen molar-refractivity contribution in [1.82, 2.24) is 0 Å². The standard InChI is InChI=1S/C16H27NO3/c1-5-14(17)9-13-11-15(18-3)12(7-8-20-6-2)10-16(13)19-4/h10-11,14H,5-9,17H2,1-4H3. The summed E-state index contributed by atoms with van der Waals surface area (Å²) < 4.78 is 16.4. The Morgan fingerprint density at radius 2 is 1.65 bits per heavy atom. The van der Waals surface area contributed by atoms with Crippen LogP contribution in [0.4, 0.5) is 0 Å². The Bertz CT molecular complexity index is 407. The molecule has 114 valence electrons. The predicted octanol–water partition coefficient (Wildman–Crippen LogP) is 2.56. The zero-order valence-electron chi connectivity index (χ0n) is 13.1. The fraction of sp³-hybridized carbons (Fsp3) is 0.625. The van der Waals surface area contributed by atoms with E-state index < -0.39 is 0 Å². The molecule has 1 aromatic rings. The largest absolute Gasteiger partial charge is 0.496 e. The van der Waals surface area contributed by atoms with Crippen molar-refractivity contribution in [3.63, 3.8) is 0 Å². The highest BCUT2D eigenvalue weighted by Crippen LogP contribution is 2.30. The number of benzene rings is 1. The van der Waals surface area contributed by atoms with Crippen molar-refractivity contribution in [3.05, 3.63) is 23.3 Å². The van der Waals surface area contributed by atoms with E-state index >= 15 is 0 Å². The summed E-state index contributed by atoms with van der Waals surface area (Å²) >= 11 is 0. The van der Waals surface area contributed by atoms with Crippen LogP contribution in [-0.4, -0.2) is 33.5 Å². The second-order valence-corrected chi connectivity index (χ2v) is 4.80. The predicted molar refractivity (Wildman–Crippen MR) is 81.7 cm³/mol. The molecule has 0 amide bonds. The van der Waals surface area contributed by atoms with Crippen LogP contribution in [0.15, 0.2) is 12.1 Å². The number of rotatable bonds is 9. The van der Waals surface area contributed by atoms with Crippen molar-refractivity contribution in [2.45, 2.75) is 39.2 Å². The van der Waals surface area contributed by atoms with Gasteiger partial charge in [-0.1, -0.05) is 6.92 Å². The van der Waals surface area contributed by atoms with E-state index in [1.165, 1.54) is 0 Å². The van der Waals surface area contributed by atoms with Gasteiger partial charge in [0.05, 0.1) is 20.8 Å². The van der Waals surface area contributed by atoms with Gasteiger partial charge < -0.3 is 19.9 Å². The molecule has 0 aromatic heterocycles. The first kappa shape index (κ1) is 16.8. The number of methoxy groups -OCH3 is 2. The van der Waals surface area contributed by atoms with Gasteiger partial charge in [0.25, 0.3) is 0 Å². The molecule has 0 fully saturated rings. The summed E-state index contributed by atoms with van der Waals surface area (Å²) in [5, 5.41) is 0. The Morgan fingerprint density at radius 3 is 2.20 bits per heavy atom. The zero-order chi connectivity index (χ0) is 15.0. The molecule has 4 nitrogen and oxygen atoms in total. The lowest BCUT2D eigenvalue weighted by Crippen LogP contribution is -2.21. The molecule has 0 aliphatic carbocycles. The fourth-order valence-electron chi connectivity index (χ4n) is 2.13. The Labute approximate surface area is 122 Å². The van der Waals surface area contributed by atoms with Crippen LogP contribution < -0.4 is 15.2 Å². The topological polar surface area (TPSA) is 53.7 Å². The van der Waals surface area contributed by atoms with E-state index in [0.717, 1.165) is 48.5 Å². The van der Waals surface area contributed by atoms with Crippen LogP contribution in [0.2, 0.25) is 0 Å². The van der Waals surface area contributed by atoms with Crippen LogP contribution in [0.25, 0.3) is 0 Å². The van der Waals surface area contributed by atoms with Crippen LogP contribution in [-0.2, 0) is 17.6 Å². The number of ether oxygens (including phenoxy) is 3. The number of hydrogen-bond acceptors (Lipinski definition) is 4. The van der Waals surface area contributed by atoms with Crippen molar-refractivity contribution >= 4 is 0 Å². The molecule has 0 saturated carbocycles. The molecule has 1 aromatic carbocycles. The normalized spacial score (nSPS) is 12.2. The average Bonchev–Trinajstić information content (AvgIpc) is 2.47. The minimum Gasteiger partial charge on any atom is -0.496 e. The molecule has 0 bridgehead atoms. The molecule has 0 spiro atoms. The van der Waals surface area contributed by atoms with Crippen molar-refractivity contribution in [2.24, 2.45) is 5.73 Å². The zero-order valence-corrected chi connectivity index (χ0v) is 13.1. The Balaban J connectivity index is 2.97. The molecule has 0 saturated heterocycles. The lowest BCUT2D eigenvalue weighted by molar-refractivity contribution is 0.150. The van der Waals surface area contributed by atoms with E-state index in [4.69, 9.17) is 19.9 Å². The van der Waals surface area contributed by atoms with Crippen LogP contribution >= 0.6 is 0 Å². The van der Waals surface area contributed by atoms with Gasteiger partial charge in [-0.05, 0) is 43.9 Å². The molecule has 0 radical (unpaired) electrons. The van der Waals surface area contributed by atoms with Crippen molar-refractivity contribution in [1.29, 1.82) is 0 Å². The van der Waals surface area contributed by atoms with E-state index in [0.29, 0.717) is 6.61 Å². The Morgan fingerprint density at radius 1 is 1.05 bits per heavy atom. The van der Waals surface area contributed by atoms with E-state index in [1.54, 1.807) is 14.2 Å². The van der Waals surface area contributed by atoms with Gasteiger partial charge in [0.2, 0.25) is 0 Å². The molecule has 0 aliphatic rings. The molecule has 4 heteroatoms. The summed E-state index contributed by atoms with van der Waals surface area (Å²) in [5.74, 6) is 1.75. The summed E-state index contributed by atoms with van der Waals surface area (Å²) in [6, 6.07) is 4.22. The van der Waals surface area contributed by atoms with Gasteiger partial charge in [-0.2, -0.15) is 0 Å². The first-order chi connectivity index (χ1) is 9.65. The van der Waals surface area contributed by atoms with Crippen molar-refractivity contribution in [3.8, 4) is 11.5 Å². The van der Waals surface area contributed by atoms with Crippen molar-refractivity contribution in [2.75, 3.05) is 27.4 Å². The van der Waals surface area contributed by atoms with Gasteiger partial charge in [0, 0.05) is 18.2 Å². The summed E-state index contributed by atoms with van der Waals surface area (Å²) in [4.78, 5) is 0. The highest BCUT2D eigenvalue weighted by Gasteiger charge is 2.13. The fourth-order valence-corrected chi connectivity index (χ4v) is 2.13. The van der Waals surface area contributed by atoms with E-state index in [1.807, 2.05) is 19.1 Å². The first-order valence-electron chi connectivity index (χ1n) is 7.23. The summed E-state index contributed by atoms with van der Waals surface area (Å²) in [7, 11) is 3.38. The average molecular weight is 281 g/mol. The number of hydrogen-bond donors (Lipinski definition) is 1. The lowest BCUT2D eigenvalue weighted by atomic mass is 10.00. The molecular formula is C16H27NO3. The number of nitrogens with two attached hydrogens (primary N) is 1. The van der Waals surface area contributed by atoms with Gasteiger partial charge in [-0.3, -0.25) is 0 Å². The second kappa shape index (κ2) is 8.82. The summed E-state index contributed by atoms with van der Waals surface area (Å²) in [5.41, 5.74) is 8.24. The Kier molecular flexibility index (Phi) is 7.41. The van der Waals surface area contributed by atoms with Crippen LogP contribution in [0.1, 0.15) is 31.4 Å². The third kappa shape index (κ3) is 4.69. The molecule has 0 aliphatic heterocycles. The van der Waals surface area contributed by atoms with Gasteiger partial charge in [0.1, 0.15) is 11.5 Å². The maximum Gasteiger partial charge on any atom is 0.122 e. The maximum absolute atomic E-state index is 6.04.